The summed E-state index contributed by atoms with van der Waals surface area (Å²) in [4.78, 5) is 3.91. The Morgan fingerprint density at radius 2 is 1.93 bits per heavy atom. The van der Waals surface area contributed by atoms with Crippen molar-refractivity contribution >= 4 is 5.69 Å². The van der Waals surface area contributed by atoms with Crippen LogP contribution in [-0.4, -0.2) is 20.8 Å². The van der Waals surface area contributed by atoms with Crippen LogP contribution in [-0.2, 0) is 0 Å². The highest BCUT2D eigenvalue weighted by atomic mass is 15.3. The summed E-state index contributed by atoms with van der Waals surface area (Å²) in [6.07, 6.45) is 3.21. The highest BCUT2D eigenvalue weighted by Crippen LogP contribution is 2.12. The van der Waals surface area contributed by atoms with Crippen LogP contribution in [0.5, 0.6) is 0 Å². The first kappa shape index (κ1) is 9.71. The van der Waals surface area contributed by atoms with Gasteiger partial charge in [-0.3, -0.25) is 0 Å². The number of benzene rings is 1. The summed E-state index contributed by atoms with van der Waals surface area (Å²) >= 11 is 0. The van der Waals surface area contributed by atoms with Crippen LogP contribution in [0.4, 0.5) is 5.69 Å². The van der Waals surface area contributed by atoms with Gasteiger partial charge < -0.3 is 5.32 Å². The van der Waals surface area contributed by atoms with Crippen LogP contribution in [0.25, 0.3) is 5.69 Å². The third kappa shape index (κ3) is 2.34. The number of aromatic nitrogens is 3. The fraction of sp³-hybridized carbons (Fsp3) is 0.273. The molecule has 1 aromatic heterocycles. The normalized spacial score (nSPS) is 10.6. The van der Waals surface area contributed by atoms with E-state index in [2.05, 4.69) is 29.2 Å². The summed E-state index contributed by atoms with van der Waals surface area (Å²) in [5.74, 6) is 0. The molecule has 4 heteroatoms. The zero-order valence-corrected chi connectivity index (χ0v) is 8.88. The molecule has 0 saturated heterocycles. The number of anilines is 1. The van der Waals surface area contributed by atoms with E-state index in [1.165, 1.54) is 6.33 Å². The zero-order chi connectivity index (χ0) is 10.7. The fourth-order valence-corrected chi connectivity index (χ4v) is 1.39. The quantitative estimate of drug-likeness (QED) is 0.828. The van der Waals surface area contributed by atoms with Gasteiger partial charge in [0.2, 0.25) is 0 Å². The molecule has 2 aromatic rings. The van der Waals surface area contributed by atoms with E-state index in [0.717, 1.165) is 11.4 Å². The van der Waals surface area contributed by atoms with Crippen molar-refractivity contribution < 1.29 is 0 Å². The van der Waals surface area contributed by atoms with Gasteiger partial charge in [-0.15, -0.1) is 0 Å². The molecule has 0 fully saturated rings. The summed E-state index contributed by atoms with van der Waals surface area (Å²) in [6.45, 7) is 4.23. The molecule has 0 aliphatic heterocycles. The molecule has 0 saturated carbocycles. The minimum absolute atomic E-state index is 0.447. The molecule has 0 bridgehead atoms. The Morgan fingerprint density at radius 3 is 2.47 bits per heavy atom. The first-order valence-corrected chi connectivity index (χ1v) is 4.97. The maximum absolute atomic E-state index is 4.06. The molecule has 0 aliphatic carbocycles. The minimum atomic E-state index is 0.447. The van der Waals surface area contributed by atoms with Gasteiger partial charge in [-0.05, 0) is 38.1 Å². The second kappa shape index (κ2) is 4.13. The Bertz CT molecular complexity index is 403. The highest BCUT2D eigenvalue weighted by Gasteiger charge is 1.98. The van der Waals surface area contributed by atoms with E-state index >= 15 is 0 Å². The van der Waals surface area contributed by atoms with Crippen molar-refractivity contribution in [2.75, 3.05) is 5.32 Å². The Morgan fingerprint density at radius 1 is 1.20 bits per heavy atom. The molecule has 2 rings (SSSR count). The molecule has 78 valence electrons. The molecule has 0 radical (unpaired) electrons. The van der Waals surface area contributed by atoms with Gasteiger partial charge >= 0.3 is 0 Å². The molecular weight excluding hydrogens is 188 g/mol. The summed E-state index contributed by atoms with van der Waals surface area (Å²) in [7, 11) is 0. The van der Waals surface area contributed by atoms with E-state index in [9.17, 15) is 0 Å². The molecular formula is C11H14N4. The molecule has 0 unspecified atom stereocenters. The van der Waals surface area contributed by atoms with Crippen LogP contribution in [0.2, 0.25) is 0 Å². The van der Waals surface area contributed by atoms with Crippen molar-refractivity contribution in [3.8, 4) is 5.69 Å². The van der Waals surface area contributed by atoms with Gasteiger partial charge in [0, 0.05) is 11.7 Å². The topological polar surface area (TPSA) is 42.7 Å². The number of hydrogen-bond donors (Lipinski definition) is 1. The van der Waals surface area contributed by atoms with Crippen LogP contribution in [0.15, 0.2) is 36.9 Å². The number of nitrogens with zero attached hydrogens (tertiary/aromatic N) is 3. The maximum Gasteiger partial charge on any atom is 0.138 e. The SMILES string of the molecule is CC(C)Nc1ccc(-n2cncn2)cc1. The number of nitrogens with one attached hydrogen (secondary N) is 1. The minimum Gasteiger partial charge on any atom is -0.383 e. The van der Waals surface area contributed by atoms with E-state index < -0.39 is 0 Å². The molecule has 0 spiro atoms. The lowest BCUT2D eigenvalue weighted by atomic mass is 10.2. The average molecular weight is 202 g/mol. The Balaban J connectivity index is 2.17. The highest BCUT2D eigenvalue weighted by molar-refractivity contribution is 5.48. The molecule has 1 heterocycles. The van der Waals surface area contributed by atoms with E-state index in [4.69, 9.17) is 0 Å². The summed E-state index contributed by atoms with van der Waals surface area (Å²) in [5, 5.41) is 7.39. The molecule has 4 nitrogen and oxygen atoms in total. The van der Waals surface area contributed by atoms with Crippen molar-refractivity contribution in [2.24, 2.45) is 0 Å². The second-order valence-corrected chi connectivity index (χ2v) is 3.69. The molecule has 15 heavy (non-hydrogen) atoms. The van der Waals surface area contributed by atoms with Crippen LogP contribution in [0.3, 0.4) is 0 Å². The van der Waals surface area contributed by atoms with Crippen LogP contribution in [0.1, 0.15) is 13.8 Å². The van der Waals surface area contributed by atoms with E-state index in [-0.39, 0.29) is 0 Å². The molecule has 1 aromatic carbocycles. The van der Waals surface area contributed by atoms with Crippen molar-refractivity contribution in [3.63, 3.8) is 0 Å². The third-order valence-electron chi connectivity index (χ3n) is 2.01. The molecule has 0 atom stereocenters. The van der Waals surface area contributed by atoms with Crippen molar-refractivity contribution in [3.05, 3.63) is 36.9 Å². The predicted octanol–water partition coefficient (Wildman–Crippen LogP) is 2.09. The summed E-state index contributed by atoms with van der Waals surface area (Å²) < 4.78 is 1.74. The maximum atomic E-state index is 4.06. The van der Waals surface area contributed by atoms with Crippen LogP contribution >= 0.6 is 0 Å². The first-order chi connectivity index (χ1) is 7.25. The summed E-state index contributed by atoms with van der Waals surface area (Å²) in [6, 6.07) is 8.55. The van der Waals surface area contributed by atoms with Crippen molar-refractivity contribution in [1.82, 2.24) is 14.8 Å². The van der Waals surface area contributed by atoms with E-state index in [0.29, 0.717) is 6.04 Å². The van der Waals surface area contributed by atoms with Gasteiger partial charge in [-0.2, -0.15) is 5.10 Å². The Kier molecular flexibility index (Phi) is 2.67. The van der Waals surface area contributed by atoms with Gasteiger partial charge in [0.25, 0.3) is 0 Å². The van der Waals surface area contributed by atoms with E-state index in [1.807, 2.05) is 24.3 Å². The largest absolute Gasteiger partial charge is 0.383 e. The fourth-order valence-electron chi connectivity index (χ4n) is 1.39. The average Bonchev–Trinajstić information content (AvgIpc) is 2.71. The standard InChI is InChI=1S/C11H14N4/c1-9(2)14-10-3-5-11(6-4-10)15-8-12-7-13-15/h3-9,14H,1-2H3. The van der Waals surface area contributed by atoms with E-state index in [1.54, 1.807) is 11.0 Å². The van der Waals surface area contributed by atoms with Gasteiger partial charge in [-0.1, -0.05) is 0 Å². The molecule has 1 N–H and O–H groups in total. The lowest BCUT2D eigenvalue weighted by molar-refractivity contribution is 0.876. The first-order valence-electron chi connectivity index (χ1n) is 4.97. The van der Waals surface area contributed by atoms with Crippen LogP contribution in [0, 0.1) is 0 Å². The zero-order valence-electron chi connectivity index (χ0n) is 8.88. The van der Waals surface area contributed by atoms with Crippen molar-refractivity contribution in [1.29, 1.82) is 0 Å². The predicted molar refractivity (Wildman–Crippen MR) is 60.1 cm³/mol. The monoisotopic (exact) mass is 202 g/mol. The van der Waals surface area contributed by atoms with Gasteiger partial charge in [0.05, 0.1) is 5.69 Å². The van der Waals surface area contributed by atoms with Crippen molar-refractivity contribution in [2.45, 2.75) is 19.9 Å². The second-order valence-electron chi connectivity index (χ2n) is 3.69. The number of rotatable bonds is 3. The Hall–Kier alpha value is -1.84. The number of hydrogen-bond acceptors (Lipinski definition) is 3. The molecule has 0 aliphatic rings. The summed E-state index contributed by atoms with van der Waals surface area (Å²) in [5.41, 5.74) is 2.13. The van der Waals surface area contributed by atoms with Crippen LogP contribution < -0.4 is 5.32 Å². The smallest absolute Gasteiger partial charge is 0.138 e. The van der Waals surface area contributed by atoms with Gasteiger partial charge in [-0.25, -0.2) is 9.67 Å². The van der Waals surface area contributed by atoms with Gasteiger partial charge in [0.15, 0.2) is 0 Å². The van der Waals surface area contributed by atoms with Gasteiger partial charge in [0.1, 0.15) is 12.7 Å². The Labute approximate surface area is 89.0 Å². The lowest BCUT2D eigenvalue weighted by Gasteiger charge is -2.10. The molecule has 0 amide bonds. The third-order valence-corrected chi connectivity index (χ3v) is 2.01. The lowest BCUT2D eigenvalue weighted by Crippen LogP contribution is -2.09.